The summed E-state index contributed by atoms with van der Waals surface area (Å²) in [6, 6.07) is 0. The minimum atomic E-state index is -0.921. The highest BCUT2D eigenvalue weighted by molar-refractivity contribution is 5.70. The minimum absolute atomic E-state index is 0.0681. The first-order valence-electron chi connectivity index (χ1n) is 8.50. The summed E-state index contributed by atoms with van der Waals surface area (Å²) in [5.74, 6) is -0.0137. The van der Waals surface area contributed by atoms with Crippen molar-refractivity contribution in [1.29, 1.82) is 0 Å². The topological polar surface area (TPSA) is 66.8 Å². The van der Waals surface area contributed by atoms with Crippen LogP contribution in [0.15, 0.2) is 11.6 Å². The van der Waals surface area contributed by atoms with Crippen molar-refractivity contribution in [3.05, 3.63) is 11.6 Å². The number of rotatable bonds is 11. The van der Waals surface area contributed by atoms with Gasteiger partial charge in [0.15, 0.2) is 0 Å². The van der Waals surface area contributed by atoms with E-state index in [-0.39, 0.29) is 6.42 Å². The molecule has 0 rings (SSSR count). The Morgan fingerprint density at radius 2 is 1.95 bits per heavy atom. The van der Waals surface area contributed by atoms with Crippen LogP contribution in [0.1, 0.15) is 72.6 Å². The van der Waals surface area contributed by atoms with Crippen LogP contribution in [-0.4, -0.2) is 35.0 Å². The molecule has 0 fully saturated rings. The highest BCUT2D eigenvalue weighted by Gasteiger charge is 2.27. The van der Waals surface area contributed by atoms with Crippen LogP contribution in [0.4, 0.5) is 0 Å². The molecule has 130 valence electrons. The van der Waals surface area contributed by atoms with Gasteiger partial charge < -0.3 is 14.9 Å². The number of aliphatic hydroxyl groups excluding tert-OH is 1. The van der Waals surface area contributed by atoms with Gasteiger partial charge in [-0.25, -0.2) is 0 Å². The Bertz CT molecular complexity index is 351. The van der Waals surface area contributed by atoms with E-state index in [0.717, 1.165) is 19.3 Å². The second kappa shape index (κ2) is 10.8. The van der Waals surface area contributed by atoms with Crippen molar-refractivity contribution in [1.82, 2.24) is 0 Å². The third-order valence-corrected chi connectivity index (χ3v) is 4.24. The molecule has 0 aromatic carbocycles. The molecule has 22 heavy (non-hydrogen) atoms. The van der Waals surface area contributed by atoms with Crippen LogP contribution in [-0.2, 0) is 9.53 Å². The van der Waals surface area contributed by atoms with Crippen molar-refractivity contribution in [2.75, 3.05) is 7.11 Å². The fourth-order valence-electron chi connectivity index (χ4n) is 2.71. The van der Waals surface area contributed by atoms with Crippen LogP contribution in [0.25, 0.3) is 0 Å². The van der Waals surface area contributed by atoms with E-state index < -0.39 is 17.7 Å². The van der Waals surface area contributed by atoms with Crippen molar-refractivity contribution in [3.63, 3.8) is 0 Å². The monoisotopic (exact) mass is 314 g/mol. The Kier molecular flexibility index (Phi) is 10.4. The Hall–Kier alpha value is -0.870. The Balaban J connectivity index is 4.95. The second-order valence-corrected chi connectivity index (χ2v) is 6.28. The van der Waals surface area contributed by atoms with Crippen molar-refractivity contribution < 1.29 is 19.7 Å². The van der Waals surface area contributed by atoms with Gasteiger partial charge in [-0.1, -0.05) is 53.0 Å². The number of aliphatic hydroxyl groups is 2. The molecular formula is C18H34O4. The molecule has 0 radical (unpaired) electrons. The van der Waals surface area contributed by atoms with Gasteiger partial charge >= 0.3 is 5.97 Å². The lowest BCUT2D eigenvalue weighted by Crippen LogP contribution is -2.30. The lowest BCUT2D eigenvalue weighted by molar-refractivity contribution is -0.142. The molecular weight excluding hydrogens is 280 g/mol. The van der Waals surface area contributed by atoms with Gasteiger partial charge in [-0.2, -0.15) is 0 Å². The quantitative estimate of drug-likeness (QED) is 0.452. The summed E-state index contributed by atoms with van der Waals surface area (Å²) in [5, 5.41) is 21.0. The third-order valence-electron chi connectivity index (χ3n) is 4.24. The minimum Gasteiger partial charge on any atom is -0.469 e. The maximum atomic E-state index is 11.3. The zero-order valence-electron chi connectivity index (χ0n) is 14.9. The molecule has 2 N–H and O–H groups in total. The molecule has 0 aliphatic rings. The fourth-order valence-corrected chi connectivity index (χ4v) is 2.71. The van der Waals surface area contributed by atoms with Gasteiger partial charge in [-0.15, -0.1) is 0 Å². The van der Waals surface area contributed by atoms with Gasteiger partial charge in [0.05, 0.1) is 25.2 Å². The number of unbranched alkanes of at least 4 members (excludes halogenated alkanes) is 1. The van der Waals surface area contributed by atoms with Gasteiger partial charge in [0, 0.05) is 0 Å². The average Bonchev–Trinajstić information content (AvgIpc) is 2.50. The number of carbonyl (C=O) groups excluding carboxylic acids is 1. The second-order valence-electron chi connectivity index (χ2n) is 6.28. The van der Waals surface area contributed by atoms with Crippen LogP contribution >= 0.6 is 0 Å². The molecule has 0 amide bonds. The normalized spacial score (nSPS) is 17.7. The molecule has 0 heterocycles. The highest BCUT2D eigenvalue weighted by atomic mass is 16.5. The summed E-state index contributed by atoms with van der Waals surface area (Å²) in [6.45, 7) is 8.18. The molecule has 0 aliphatic heterocycles. The molecule has 4 nitrogen and oxygen atoms in total. The van der Waals surface area contributed by atoms with Gasteiger partial charge in [-0.3, -0.25) is 4.79 Å². The molecule has 0 bridgehead atoms. The van der Waals surface area contributed by atoms with Crippen LogP contribution in [0.2, 0.25) is 0 Å². The molecule has 0 aromatic heterocycles. The maximum absolute atomic E-state index is 11.3. The summed E-state index contributed by atoms with van der Waals surface area (Å²) in [7, 11) is 1.31. The van der Waals surface area contributed by atoms with E-state index in [0.29, 0.717) is 30.8 Å². The molecule has 0 aliphatic carbocycles. The summed E-state index contributed by atoms with van der Waals surface area (Å²) in [5.41, 5.74) is -0.215. The first-order chi connectivity index (χ1) is 10.3. The summed E-state index contributed by atoms with van der Waals surface area (Å²) < 4.78 is 4.59. The van der Waals surface area contributed by atoms with Gasteiger partial charge in [0.25, 0.3) is 0 Å². The van der Waals surface area contributed by atoms with Crippen LogP contribution in [0.3, 0.4) is 0 Å². The predicted octanol–water partition coefficient (Wildman–Crippen LogP) is 3.60. The fraction of sp³-hybridized carbons (Fsp3) is 0.833. The largest absolute Gasteiger partial charge is 0.469 e. The lowest BCUT2D eigenvalue weighted by atomic mass is 9.84. The number of ether oxygens (including phenoxy) is 1. The summed E-state index contributed by atoms with van der Waals surface area (Å²) >= 11 is 0. The first-order valence-corrected chi connectivity index (χ1v) is 8.50. The van der Waals surface area contributed by atoms with Crippen LogP contribution in [0.5, 0.6) is 0 Å². The zero-order chi connectivity index (χ0) is 17.2. The Morgan fingerprint density at radius 3 is 2.41 bits per heavy atom. The molecule has 0 unspecified atom stereocenters. The van der Waals surface area contributed by atoms with Crippen molar-refractivity contribution in [3.8, 4) is 0 Å². The maximum Gasteiger partial charge on any atom is 0.308 e. The van der Waals surface area contributed by atoms with Crippen LogP contribution in [0, 0.1) is 5.92 Å². The molecule has 3 atom stereocenters. The van der Waals surface area contributed by atoms with E-state index in [9.17, 15) is 15.0 Å². The number of hydrogen-bond donors (Lipinski definition) is 2. The number of carbonyl (C=O) groups is 1. The summed E-state index contributed by atoms with van der Waals surface area (Å²) in [6.07, 6.45) is 6.10. The van der Waals surface area contributed by atoms with Crippen LogP contribution < -0.4 is 0 Å². The molecule has 0 saturated carbocycles. The smallest absolute Gasteiger partial charge is 0.308 e. The highest BCUT2D eigenvalue weighted by Crippen LogP contribution is 2.28. The molecule has 0 saturated heterocycles. The molecule has 0 spiro atoms. The SMILES string of the molecule is CCCC[C@H](C)C[C@@](O)(C=C(CC)[C@@H](O)CC(=O)OC)CC. The van der Waals surface area contributed by atoms with E-state index in [1.807, 2.05) is 13.8 Å². The van der Waals surface area contributed by atoms with Crippen molar-refractivity contribution in [2.45, 2.75) is 84.3 Å². The van der Waals surface area contributed by atoms with E-state index in [1.165, 1.54) is 7.11 Å². The van der Waals surface area contributed by atoms with E-state index in [4.69, 9.17) is 0 Å². The van der Waals surface area contributed by atoms with Crippen molar-refractivity contribution in [2.24, 2.45) is 5.92 Å². The summed E-state index contributed by atoms with van der Waals surface area (Å²) in [4.78, 5) is 11.3. The van der Waals surface area contributed by atoms with Gasteiger partial charge in [0.1, 0.15) is 0 Å². The molecule has 4 heteroatoms. The van der Waals surface area contributed by atoms with E-state index in [2.05, 4.69) is 18.6 Å². The average molecular weight is 314 g/mol. The Morgan fingerprint density at radius 1 is 1.32 bits per heavy atom. The van der Waals surface area contributed by atoms with Gasteiger partial charge in [-0.05, 0) is 30.8 Å². The van der Waals surface area contributed by atoms with E-state index >= 15 is 0 Å². The molecule has 0 aromatic rings. The van der Waals surface area contributed by atoms with Crippen molar-refractivity contribution >= 4 is 5.97 Å². The Labute approximate surface area is 135 Å². The lowest BCUT2D eigenvalue weighted by Gasteiger charge is -2.29. The zero-order valence-corrected chi connectivity index (χ0v) is 14.9. The first kappa shape index (κ1) is 21.1. The standard InChI is InChI=1S/C18H34O4/c1-6-9-10-14(4)12-18(21,8-3)13-15(7-2)16(19)11-17(20)22-5/h13-14,16,19,21H,6-12H2,1-5H3/t14-,16-,18+/m0/s1. The third kappa shape index (κ3) is 7.95. The van der Waals surface area contributed by atoms with Gasteiger partial charge in [0.2, 0.25) is 0 Å². The number of methoxy groups -OCH3 is 1. The predicted molar refractivity (Wildman–Crippen MR) is 89.6 cm³/mol. The number of hydrogen-bond acceptors (Lipinski definition) is 4. The number of esters is 1. The van der Waals surface area contributed by atoms with E-state index in [1.54, 1.807) is 6.08 Å².